The van der Waals surface area contributed by atoms with Crippen molar-refractivity contribution in [1.29, 1.82) is 0 Å². The van der Waals surface area contributed by atoms with Crippen LogP contribution in [0.25, 0.3) is 0 Å². The third-order valence-corrected chi connectivity index (χ3v) is 3.81. The van der Waals surface area contributed by atoms with Gasteiger partial charge in [-0.3, -0.25) is 0 Å². The molecule has 2 rings (SSSR count). The normalized spacial score (nSPS) is 10.6. The second-order valence-electron chi connectivity index (χ2n) is 4.22. The fraction of sp³-hybridized carbons (Fsp3) is 0.357. The lowest BCUT2D eigenvalue weighted by Crippen LogP contribution is -2.03. The molecule has 0 amide bonds. The number of rotatable bonds is 5. The van der Waals surface area contributed by atoms with Crippen LogP contribution in [-0.2, 0) is 13.0 Å². The van der Waals surface area contributed by atoms with Gasteiger partial charge in [-0.2, -0.15) is 0 Å². The van der Waals surface area contributed by atoms with E-state index in [9.17, 15) is 0 Å². The summed E-state index contributed by atoms with van der Waals surface area (Å²) in [5.74, 6) is 0.881. The van der Waals surface area contributed by atoms with E-state index >= 15 is 0 Å². The first kappa shape index (κ1) is 13.1. The van der Waals surface area contributed by atoms with Crippen LogP contribution in [0.1, 0.15) is 21.1 Å². The summed E-state index contributed by atoms with van der Waals surface area (Å²) < 4.78 is 5.75. The van der Waals surface area contributed by atoms with Crippen molar-refractivity contribution >= 4 is 11.3 Å². The molecule has 0 aliphatic heterocycles. The Kier molecular flexibility index (Phi) is 4.33. The van der Waals surface area contributed by atoms with Gasteiger partial charge in [-0.25, -0.2) is 4.98 Å². The molecule has 0 bridgehead atoms. The maximum Gasteiger partial charge on any atom is 0.140 e. The van der Waals surface area contributed by atoms with Crippen LogP contribution in [0.3, 0.4) is 0 Å². The number of nitrogens with zero attached hydrogens (tertiary/aromatic N) is 1. The van der Waals surface area contributed by atoms with Crippen molar-refractivity contribution in [3.05, 3.63) is 45.4 Å². The van der Waals surface area contributed by atoms with Crippen molar-refractivity contribution in [3.8, 4) is 5.75 Å². The third kappa shape index (κ3) is 3.31. The predicted octanol–water partition coefficient (Wildman–Crippen LogP) is 2.84. The van der Waals surface area contributed by atoms with E-state index < -0.39 is 0 Å². The summed E-state index contributed by atoms with van der Waals surface area (Å²) in [5.41, 5.74) is 7.85. The van der Waals surface area contributed by atoms with E-state index in [-0.39, 0.29) is 0 Å². The topological polar surface area (TPSA) is 48.1 Å². The van der Waals surface area contributed by atoms with E-state index in [1.807, 2.05) is 25.1 Å². The molecule has 4 heteroatoms. The van der Waals surface area contributed by atoms with Gasteiger partial charge in [0.1, 0.15) is 17.4 Å². The highest BCUT2D eigenvalue weighted by Crippen LogP contribution is 2.19. The number of aromatic nitrogens is 1. The number of thiazole rings is 1. The minimum atomic E-state index is 0.533. The van der Waals surface area contributed by atoms with Gasteiger partial charge in [0.2, 0.25) is 0 Å². The third-order valence-electron chi connectivity index (χ3n) is 2.77. The SMILES string of the molecule is Cc1nc(COc2cccc(CCN)c2)sc1C. The minimum Gasteiger partial charge on any atom is -0.486 e. The van der Waals surface area contributed by atoms with Crippen LogP contribution < -0.4 is 10.5 Å². The number of benzene rings is 1. The van der Waals surface area contributed by atoms with Crippen LogP contribution in [0.15, 0.2) is 24.3 Å². The summed E-state index contributed by atoms with van der Waals surface area (Å²) in [6, 6.07) is 8.07. The summed E-state index contributed by atoms with van der Waals surface area (Å²) >= 11 is 1.69. The molecule has 0 unspecified atom stereocenters. The van der Waals surface area contributed by atoms with Crippen LogP contribution >= 0.6 is 11.3 Å². The summed E-state index contributed by atoms with van der Waals surface area (Å²) in [4.78, 5) is 5.71. The number of hydrogen-bond acceptors (Lipinski definition) is 4. The highest BCUT2D eigenvalue weighted by molar-refractivity contribution is 7.11. The molecule has 3 nitrogen and oxygen atoms in total. The van der Waals surface area contributed by atoms with E-state index in [2.05, 4.69) is 18.0 Å². The molecule has 0 aliphatic carbocycles. The van der Waals surface area contributed by atoms with Crippen molar-refractivity contribution in [2.75, 3.05) is 6.54 Å². The van der Waals surface area contributed by atoms with Gasteiger partial charge in [-0.05, 0) is 44.5 Å². The van der Waals surface area contributed by atoms with E-state index in [4.69, 9.17) is 10.5 Å². The van der Waals surface area contributed by atoms with E-state index in [0.29, 0.717) is 13.2 Å². The molecule has 0 saturated carbocycles. The number of hydrogen-bond donors (Lipinski definition) is 1. The smallest absolute Gasteiger partial charge is 0.140 e. The van der Waals surface area contributed by atoms with Gasteiger partial charge >= 0.3 is 0 Å². The molecular formula is C14H18N2OS. The summed E-state index contributed by atoms with van der Waals surface area (Å²) in [5, 5.41) is 1.02. The van der Waals surface area contributed by atoms with Crippen molar-refractivity contribution in [2.45, 2.75) is 26.9 Å². The van der Waals surface area contributed by atoms with Crippen LogP contribution in [-0.4, -0.2) is 11.5 Å². The molecular weight excluding hydrogens is 244 g/mol. The van der Waals surface area contributed by atoms with Crippen LogP contribution in [0, 0.1) is 13.8 Å². The second-order valence-corrected chi connectivity index (χ2v) is 5.51. The maximum absolute atomic E-state index is 5.75. The zero-order chi connectivity index (χ0) is 13.0. The molecule has 1 aromatic carbocycles. The lowest BCUT2D eigenvalue weighted by Gasteiger charge is -2.06. The number of nitrogens with two attached hydrogens (primary N) is 1. The Bertz CT molecular complexity index is 503. The molecule has 0 aliphatic rings. The zero-order valence-electron chi connectivity index (χ0n) is 10.8. The van der Waals surface area contributed by atoms with Gasteiger partial charge in [0.15, 0.2) is 0 Å². The van der Waals surface area contributed by atoms with Gasteiger partial charge in [0.05, 0.1) is 5.69 Å². The first-order chi connectivity index (χ1) is 8.69. The van der Waals surface area contributed by atoms with Crippen molar-refractivity contribution in [2.24, 2.45) is 5.73 Å². The Hall–Kier alpha value is -1.39. The molecule has 1 heterocycles. The minimum absolute atomic E-state index is 0.533. The van der Waals surface area contributed by atoms with E-state index in [1.165, 1.54) is 10.4 Å². The molecule has 0 atom stereocenters. The maximum atomic E-state index is 5.75. The Labute approximate surface area is 112 Å². The summed E-state index contributed by atoms with van der Waals surface area (Å²) in [6.07, 6.45) is 0.882. The predicted molar refractivity (Wildman–Crippen MR) is 75.1 cm³/mol. The molecule has 0 spiro atoms. The first-order valence-electron chi connectivity index (χ1n) is 6.03. The van der Waals surface area contributed by atoms with Gasteiger partial charge in [-0.15, -0.1) is 11.3 Å². The monoisotopic (exact) mass is 262 g/mol. The molecule has 0 radical (unpaired) electrons. The summed E-state index contributed by atoms with van der Waals surface area (Å²) in [6.45, 7) is 5.30. The largest absolute Gasteiger partial charge is 0.486 e. The van der Waals surface area contributed by atoms with Crippen LogP contribution in [0.5, 0.6) is 5.75 Å². The fourth-order valence-electron chi connectivity index (χ4n) is 1.70. The van der Waals surface area contributed by atoms with Gasteiger partial charge in [0, 0.05) is 4.88 Å². The first-order valence-corrected chi connectivity index (χ1v) is 6.85. The molecule has 96 valence electrons. The van der Waals surface area contributed by atoms with E-state index in [0.717, 1.165) is 22.9 Å². The lowest BCUT2D eigenvalue weighted by atomic mass is 10.1. The van der Waals surface area contributed by atoms with Crippen LogP contribution in [0.4, 0.5) is 0 Å². The molecule has 18 heavy (non-hydrogen) atoms. The zero-order valence-corrected chi connectivity index (χ0v) is 11.6. The van der Waals surface area contributed by atoms with Gasteiger partial charge in [-0.1, -0.05) is 12.1 Å². The Morgan fingerprint density at radius 2 is 2.17 bits per heavy atom. The molecule has 0 saturated heterocycles. The number of ether oxygens (including phenoxy) is 1. The molecule has 0 fully saturated rings. The fourth-order valence-corrected chi connectivity index (χ4v) is 2.55. The Balaban J connectivity index is 1.99. The van der Waals surface area contributed by atoms with Crippen LogP contribution in [0.2, 0.25) is 0 Å². The molecule has 1 aromatic heterocycles. The number of aryl methyl sites for hydroxylation is 2. The van der Waals surface area contributed by atoms with Gasteiger partial charge < -0.3 is 10.5 Å². The van der Waals surface area contributed by atoms with Crippen molar-refractivity contribution < 1.29 is 4.74 Å². The average Bonchev–Trinajstić information content (AvgIpc) is 2.67. The lowest BCUT2D eigenvalue weighted by molar-refractivity contribution is 0.305. The Morgan fingerprint density at radius 3 is 2.83 bits per heavy atom. The summed E-state index contributed by atoms with van der Waals surface area (Å²) in [7, 11) is 0. The quantitative estimate of drug-likeness (QED) is 0.901. The average molecular weight is 262 g/mol. The van der Waals surface area contributed by atoms with Crippen molar-refractivity contribution in [1.82, 2.24) is 4.98 Å². The highest BCUT2D eigenvalue weighted by Gasteiger charge is 2.04. The molecule has 2 aromatic rings. The highest BCUT2D eigenvalue weighted by atomic mass is 32.1. The van der Waals surface area contributed by atoms with Gasteiger partial charge in [0.25, 0.3) is 0 Å². The second kappa shape index (κ2) is 5.98. The Morgan fingerprint density at radius 1 is 1.33 bits per heavy atom. The van der Waals surface area contributed by atoms with Crippen molar-refractivity contribution in [3.63, 3.8) is 0 Å². The van der Waals surface area contributed by atoms with E-state index in [1.54, 1.807) is 11.3 Å². The molecule has 2 N–H and O–H groups in total. The standard InChI is InChI=1S/C14H18N2OS/c1-10-11(2)18-14(16-10)9-17-13-5-3-4-12(8-13)6-7-15/h3-5,8H,6-7,9,15H2,1-2H3.